The van der Waals surface area contributed by atoms with Gasteiger partial charge in [0, 0.05) is 14.2 Å². The third-order valence-corrected chi connectivity index (χ3v) is 0.630. The molecule has 50 valence electrons. The van der Waals surface area contributed by atoms with E-state index < -0.39 is 12.3 Å². The Balaban J connectivity index is -0.000000245. The number of carboxylic acids is 1. The fourth-order valence-corrected chi connectivity index (χ4v) is 0.298. The minimum absolute atomic E-state index is 0. The number of carboxylic acid groups (broad SMARTS) is 1. The summed E-state index contributed by atoms with van der Waals surface area (Å²) in [5, 5.41) is 8.12. The first-order valence-electron chi connectivity index (χ1n) is 2.00. The Morgan fingerprint density at radius 2 is 1.89 bits per heavy atom. The van der Waals surface area contributed by atoms with E-state index in [1.165, 1.54) is 14.2 Å². The molecule has 0 saturated carbocycles. The Kier molecular flexibility index (Phi) is 8.75. The van der Waals surface area contributed by atoms with Gasteiger partial charge in [0.15, 0.2) is 0 Å². The van der Waals surface area contributed by atoms with Gasteiger partial charge in [-0.25, -0.2) is 4.79 Å². The van der Waals surface area contributed by atoms with Crippen molar-refractivity contribution < 1.29 is 50.4 Å². The van der Waals surface area contributed by atoms with Gasteiger partial charge in [-0.3, -0.25) is 0 Å². The van der Waals surface area contributed by atoms with E-state index in [4.69, 9.17) is 5.11 Å². The summed E-state index contributed by atoms with van der Waals surface area (Å²) in [5.74, 6) is -1.12. The third kappa shape index (κ3) is 4.87. The summed E-state index contributed by atoms with van der Waals surface area (Å²) in [6.45, 7) is 0. The number of ether oxygens (including phenoxy) is 2. The van der Waals surface area contributed by atoms with E-state index in [-0.39, 0.29) is 31.0 Å². The maximum Gasteiger partial charge on any atom is 1.00 e. The zero-order valence-corrected chi connectivity index (χ0v) is 7.75. The summed E-state index contributed by atoms with van der Waals surface area (Å²) in [6.07, 6.45) is -1.13. The van der Waals surface area contributed by atoms with Crippen molar-refractivity contribution in [1.29, 1.82) is 0 Å². The molecule has 0 bridgehead atoms. The third-order valence-electron chi connectivity index (χ3n) is 0.630. The van der Waals surface area contributed by atoms with Crippen LogP contribution >= 0.6 is 0 Å². The minimum atomic E-state index is -1.13. The molecule has 5 heteroatoms. The summed E-state index contributed by atoms with van der Waals surface area (Å²) in [5.41, 5.74) is 0. The number of rotatable bonds is 3. The number of hydrogen-bond donors (Lipinski definition) is 1. The van der Waals surface area contributed by atoms with Crippen molar-refractivity contribution in [2.75, 3.05) is 14.2 Å². The van der Waals surface area contributed by atoms with Gasteiger partial charge >= 0.3 is 35.5 Å². The van der Waals surface area contributed by atoms with Gasteiger partial charge in [0.2, 0.25) is 0 Å². The molecule has 0 radical (unpaired) electrons. The molecule has 0 heterocycles. The van der Waals surface area contributed by atoms with Gasteiger partial charge in [0.1, 0.15) is 0 Å². The molecule has 0 rings (SSSR count). The Morgan fingerprint density at radius 3 is 1.89 bits per heavy atom. The van der Waals surface area contributed by atoms with Crippen molar-refractivity contribution in [3.8, 4) is 0 Å². The first kappa shape index (κ1) is 12.1. The predicted molar refractivity (Wildman–Crippen MR) is 26.6 cm³/mol. The van der Waals surface area contributed by atoms with Crippen molar-refractivity contribution in [1.82, 2.24) is 0 Å². The molecule has 0 aliphatic rings. The van der Waals surface area contributed by atoms with Crippen LogP contribution in [0.25, 0.3) is 0 Å². The van der Waals surface area contributed by atoms with Crippen molar-refractivity contribution >= 4 is 5.97 Å². The first-order valence-corrected chi connectivity index (χ1v) is 2.00. The van der Waals surface area contributed by atoms with Crippen molar-refractivity contribution in [2.24, 2.45) is 0 Å². The number of hydrogen-bond acceptors (Lipinski definition) is 3. The van der Waals surface area contributed by atoms with Crippen LogP contribution < -0.4 is 29.6 Å². The van der Waals surface area contributed by atoms with Gasteiger partial charge in [0.05, 0.1) is 0 Å². The molecule has 0 fully saturated rings. The van der Waals surface area contributed by atoms with Gasteiger partial charge in [-0.1, -0.05) is 0 Å². The van der Waals surface area contributed by atoms with Crippen LogP contribution in [0.2, 0.25) is 0 Å². The van der Waals surface area contributed by atoms with Crippen LogP contribution in [0.1, 0.15) is 1.43 Å². The maximum absolute atomic E-state index is 9.91. The molecule has 0 aliphatic heterocycles. The minimum Gasteiger partial charge on any atom is -1.00 e. The summed E-state index contributed by atoms with van der Waals surface area (Å²) >= 11 is 0. The van der Waals surface area contributed by atoms with Gasteiger partial charge in [0.25, 0.3) is 6.29 Å². The number of carbonyl (C=O) groups is 1. The van der Waals surface area contributed by atoms with Crippen LogP contribution in [-0.4, -0.2) is 31.6 Å². The topological polar surface area (TPSA) is 55.8 Å². The van der Waals surface area contributed by atoms with Crippen LogP contribution in [0.4, 0.5) is 0 Å². The largest absolute Gasteiger partial charge is 1.00 e. The Hall–Kier alpha value is 0.390. The van der Waals surface area contributed by atoms with Crippen LogP contribution in [0, 0.1) is 0 Å². The maximum atomic E-state index is 9.91. The molecule has 0 aromatic heterocycles. The van der Waals surface area contributed by atoms with E-state index >= 15 is 0 Å². The quantitative estimate of drug-likeness (QED) is 0.335. The molecule has 4 nitrogen and oxygen atoms in total. The predicted octanol–water partition coefficient (Wildman–Crippen LogP) is -3.19. The number of methoxy groups -OCH3 is 2. The summed E-state index contributed by atoms with van der Waals surface area (Å²) in [7, 11) is 2.53. The average Bonchev–Trinajstić information content (AvgIpc) is 1.69. The van der Waals surface area contributed by atoms with E-state index in [9.17, 15) is 4.79 Å². The molecule has 0 aromatic carbocycles. The fourth-order valence-electron chi connectivity index (χ4n) is 0.298. The Morgan fingerprint density at radius 1 is 1.56 bits per heavy atom. The van der Waals surface area contributed by atoms with Crippen molar-refractivity contribution in [3.63, 3.8) is 0 Å². The molecule has 0 aliphatic carbocycles. The molecule has 0 spiro atoms. The van der Waals surface area contributed by atoms with E-state index in [0.717, 1.165) is 0 Å². The normalized spacial score (nSPS) is 8.78. The van der Waals surface area contributed by atoms with Gasteiger partial charge in [-0.15, -0.1) is 0 Å². The first-order chi connectivity index (χ1) is 3.72. The molecule has 9 heavy (non-hydrogen) atoms. The summed E-state index contributed by atoms with van der Waals surface area (Å²) in [6, 6.07) is 0. The molecule has 0 amide bonds. The second kappa shape index (κ2) is 6.51. The number of aliphatic carboxylic acids is 1. The van der Waals surface area contributed by atoms with Gasteiger partial charge in [-0.2, -0.15) is 0 Å². The van der Waals surface area contributed by atoms with Crippen LogP contribution in [0.3, 0.4) is 0 Å². The van der Waals surface area contributed by atoms with E-state index in [2.05, 4.69) is 9.47 Å². The second-order valence-electron chi connectivity index (χ2n) is 1.14. The monoisotopic (exact) mass is 144 g/mol. The average molecular weight is 144 g/mol. The molecule has 1 N–H and O–H groups in total. The molecule has 0 aromatic rings. The van der Waals surface area contributed by atoms with Crippen LogP contribution in [0.15, 0.2) is 0 Å². The molecular weight excluding hydrogens is 135 g/mol. The smallest absolute Gasteiger partial charge is 1.00 e. The molecule has 0 unspecified atom stereocenters. The zero-order chi connectivity index (χ0) is 6.57. The molecule has 0 saturated heterocycles. The summed E-state index contributed by atoms with van der Waals surface area (Å²) in [4.78, 5) is 9.91. The SMILES string of the molecule is COC(OC)C(=O)O.[H-].[Na+]. The van der Waals surface area contributed by atoms with Crippen LogP contribution in [-0.2, 0) is 14.3 Å². The summed E-state index contributed by atoms with van der Waals surface area (Å²) < 4.78 is 8.68. The van der Waals surface area contributed by atoms with Crippen molar-refractivity contribution in [2.45, 2.75) is 6.29 Å². The second-order valence-corrected chi connectivity index (χ2v) is 1.14. The van der Waals surface area contributed by atoms with Gasteiger partial charge in [-0.05, 0) is 0 Å². The fraction of sp³-hybridized carbons (Fsp3) is 0.750. The Labute approximate surface area is 76.9 Å². The van der Waals surface area contributed by atoms with Crippen molar-refractivity contribution in [3.05, 3.63) is 0 Å². The standard InChI is InChI=1S/C4H8O4.Na.H/c1-7-4(8-2)3(5)6;;/h4H,1-2H3,(H,5,6);;/q;+1;-1. The van der Waals surface area contributed by atoms with Crippen LogP contribution in [0.5, 0.6) is 0 Å². The van der Waals surface area contributed by atoms with E-state index in [0.29, 0.717) is 0 Å². The molecule has 0 atom stereocenters. The van der Waals surface area contributed by atoms with Gasteiger partial charge < -0.3 is 16.0 Å². The zero-order valence-electron chi connectivity index (χ0n) is 6.75. The molecular formula is C4H9NaO4. The van der Waals surface area contributed by atoms with E-state index in [1.54, 1.807) is 0 Å². The van der Waals surface area contributed by atoms with E-state index in [1.807, 2.05) is 0 Å². The Bertz CT molecular complexity index is 85.3.